The fourth-order valence-corrected chi connectivity index (χ4v) is 0.944. The van der Waals surface area contributed by atoms with E-state index < -0.39 is 0 Å². The molecule has 0 amide bonds. The summed E-state index contributed by atoms with van der Waals surface area (Å²) < 4.78 is 2.33. The summed E-state index contributed by atoms with van der Waals surface area (Å²) in [6, 6.07) is 0. The second-order valence-electron chi connectivity index (χ2n) is 2.34. The molecule has 0 aliphatic carbocycles. The first-order valence-corrected chi connectivity index (χ1v) is 2.78. The molecule has 1 saturated heterocycles. The van der Waals surface area contributed by atoms with Gasteiger partial charge >= 0.3 is 26.2 Å². The van der Waals surface area contributed by atoms with Gasteiger partial charge in [-0.05, 0) is 7.05 Å². The van der Waals surface area contributed by atoms with Gasteiger partial charge in [-0.15, -0.1) is 13.6 Å². The topological polar surface area (TPSA) is 3.24 Å². The zero-order valence-corrected chi connectivity index (χ0v) is 10.1. The van der Waals surface area contributed by atoms with Crippen molar-refractivity contribution in [1.29, 1.82) is 0 Å². The molecule has 0 saturated carbocycles. The van der Waals surface area contributed by atoms with Crippen LogP contribution < -0.4 is 0 Å². The molecule has 0 aromatic rings. The number of nitrogens with zero attached hydrogens (tertiary/aromatic N) is 1. The van der Waals surface area contributed by atoms with E-state index in [1.54, 1.807) is 0 Å². The Labute approximate surface area is 86.3 Å². The number of hydrogen-bond acceptors (Lipinski definition) is 1. The maximum Gasteiger partial charge on any atom is 4.00 e. The molecule has 4 heteroatoms. The monoisotopic (exact) mass is 214 g/mol. The van der Waals surface area contributed by atoms with Crippen molar-refractivity contribution < 1.29 is 26.2 Å². The summed E-state index contributed by atoms with van der Waals surface area (Å²) in [6.45, 7) is 5.85. The van der Waals surface area contributed by atoms with Gasteiger partial charge in [-0.1, -0.05) is 0 Å². The van der Waals surface area contributed by atoms with E-state index in [-0.39, 0.29) is 41.1 Å². The number of hydrogen-bond donors (Lipinski definition) is 0. The zero-order valence-electron chi connectivity index (χ0n) is 7.68. The third-order valence-corrected chi connectivity index (χ3v) is 1.84. The summed E-state index contributed by atoms with van der Waals surface area (Å²) in [5.41, 5.74) is 0. The van der Waals surface area contributed by atoms with Crippen molar-refractivity contribution in [3.05, 3.63) is 21.1 Å². The Bertz CT molecular complexity index is 74.1. The Morgan fingerprint density at radius 2 is 1.40 bits per heavy atom. The average Bonchev–Trinajstić information content (AvgIpc) is 1.68. The molecule has 0 radical (unpaired) electrons. The smallest absolute Gasteiger partial charge is 0.441 e. The van der Waals surface area contributed by atoms with Gasteiger partial charge in [-0.25, -0.2) is 0 Å². The van der Waals surface area contributed by atoms with E-state index in [0.29, 0.717) is 0 Å². The molecular weight excluding hydrogens is 199 g/mol. The second-order valence-corrected chi connectivity index (χ2v) is 2.34. The predicted molar refractivity (Wildman–Crippen MR) is 48.1 cm³/mol. The molecular formula is C6H16B2NZr+. The van der Waals surface area contributed by atoms with Crippen molar-refractivity contribution >= 4 is 13.7 Å². The average molecular weight is 215 g/mol. The van der Waals surface area contributed by atoms with Crippen molar-refractivity contribution in [3.8, 4) is 0 Å². The van der Waals surface area contributed by atoms with Gasteiger partial charge < -0.3 is 25.8 Å². The molecule has 0 aromatic heterocycles. The molecule has 1 rings (SSSR count). The molecule has 0 bridgehead atoms. The minimum Gasteiger partial charge on any atom is -0.441 e. The molecule has 1 heterocycles. The van der Waals surface area contributed by atoms with Gasteiger partial charge in [0.1, 0.15) is 0 Å². The molecule has 1 aliphatic rings. The van der Waals surface area contributed by atoms with Crippen LogP contribution in [0.5, 0.6) is 0 Å². The summed E-state index contributed by atoms with van der Waals surface area (Å²) >= 11 is 0. The van der Waals surface area contributed by atoms with E-state index in [1.165, 1.54) is 0 Å². The van der Waals surface area contributed by atoms with Crippen LogP contribution in [0, 0.1) is 21.1 Å². The van der Waals surface area contributed by atoms with E-state index in [0.717, 1.165) is 13.7 Å². The molecule has 1 aliphatic heterocycles. The third kappa shape index (κ3) is 3.39. The normalized spacial score (nSPS) is 15.9. The SMILES string of the molecule is CB1[CH-]B(C)N1C.[CH3-].[CH3-].[Zr+4]. The van der Waals surface area contributed by atoms with Gasteiger partial charge in [0, 0.05) is 13.7 Å². The fourth-order valence-electron chi connectivity index (χ4n) is 0.944. The van der Waals surface area contributed by atoms with Crippen LogP contribution in [0.15, 0.2) is 0 Å². The van der Waals surface area contributed by atoms with E-state index in [4.69, 9.17) is 0 Å². The van der Waals surface area contributed by atoms with Gasteiger partial charge in [0.25, 0.3) is 0 Å². The van der Waals surface area contributed by atoms with Crippen molar-refractivity contribution in [2.75, 3.05) is 7.05 Å². The number of rotatable bonds is 0. The van der Waals surface area contributed by atoms with Crippen LogP contribution >= 0.6 is 0 Å². The Balaban J connectivity index is -0.000000163. The summed E-state index contributed by atoms with van der Waals surface area (Å²) in [5.74, 6) is 0. The van der Waals surface area contributed by atoms with Crippen LogP contribution in [0.2, 0.25) is 13.6 Å². The fraction of sp³-hybridized carbons (Fsp3) is 0.500. The van der Waals surface area contributed by atoms with Crippen LogP contribution in [-0.4, -0.2) is 25.5 Å². The van der Waals surface area contributed by atoms with Crippen LogP contribution in [0.1, 0.15) is 0 Å². The van der Waals surface area contributed by atoms with Gasteiger partial charge in [0.05, 0.1) is 0 Å². The molecule has 0 spiro atoms. The van der Waals surface area contributed by atoms with Gasteiger partial charge in [0.15, 0.2) is 0 Å². The molecule has 1 nitrogen and oxygen atoms in total. The Hall–Kier alpha value is 0.973. The van der Waals surface area contributed by atoms with Gasteiger partial charge in [-0.2, -0.15) is 0 Å². The first-order chi connectivity index (χ1) is 3.22. The quantitative estimate of drug-likeness (QED) is 0.435. The maximum atomic E-state index is 2.33. The van der Waals surface area contributed by atoms with Gasteiger partial charge in [-0.3, -0.25) is 0 Å². The molecule has 54 valence electrons. The van der Waals surface area contributed by atoms with Crippen LogP contribution in [0.25, 0.3) is 0 Å². The molecule has 1 fully saturated rings. The minimum atomic E-state index is 0. The van der Waals surface area contributed by atoms with Crippen LogP contribution in [-0.2, 0) is 26.2 Å². The van der Waals surface area contributed by atoms with Crippen molar-refractivity contribution in [1.82, 2.24) is 4.72 Å². The summed E-state index contributed by atoms with van der Waals surface area (Å²) in [6.07, 6.45) is 2.33. The maximum absolute atomic E-state index is 2.33. The first kappa shape index (κ1) is 17.2. The van der Waals surface area contributed by atoms with Crippen molar-refractivity contribution in [3.63, 3.8) is 0 Å². The largest absolute Gasteiger partial charge is 4.00 e. The third-order valence-electron chi connectivity index (χ3n) is 1.84. The molecule has 0 N–H and O–H groups in total. The predicted octanol–water partition coefficient (Wildman–Crippen LogP) is 1.36. The Kier molecular flexibility index (Phi) is 11.4. The van der Waals surface area contributed by atoms with Gasteiger partial charge in [0.2, 0.25) is 0 Å². The molecule has 10 heavy (non-hydrogen) atoms. The Morgan fingerprint density at radius 1 is 1.10 bits per heavy atom. The molecule has 0 atom stereocenters. The zero-order chi connectivity index (χ0) is 5.44. The summed E-state index contributed by atoms with van der Waals surface area (Å²) in [7, 11) is 2.15. The summed E-state index contributed by atoms with van der Waals surface area (Å²) in [5, 5.41) is 0. The van der Waals surface area contributed by atoms with Crippen LogP contribution in [0.4, 0.5) is 0 Å². The molecule has 0 unspecified atom stereocenters. The minimum absolute atomic E-state index is 0. The Morgan fingerprint density at radius 3 is 1.40 bits per heavy atom. The van der Waals surface area contributed by atoms with E-state index in [1.807, 2.05) is 0 Å². The van der Waals surface area contributed by atoms with E-state index >= 15 is 0 Å². The van der Waals surface area contributed by atoms with Crippen LogP contribution in [0.3, 0.4) is 0 Å². The van der Waals surface area contributed by atoms with Crippen molar-refractivity contribution in [2.24, 2.45) is 0 Å². The summed E-state index contributed by atoms with van der Waals surface area (Å²) in [4.78, 5) is 0. The van der Waals surface area contributed by atoms with Crippen molar-refractivity contribution in [2.45, 2.75) is 13.6 Å². The van der Waals surface area contributed by atoms with E-state index in [9.17, 15) is 0 Å². The molecule has 0 aromatic carbocycles. The van der Waals surface area contributed by atoms with E-state index in [2.05, 4.69) is 31.6 Å². The first-order valence-electron chi connectivity index (χ1n) is 2.78. The standard InChI is InChI=1S/C4H10B2N.2CH3.Zr/c1-5-4-6(2)7(5)3;;;/h4H,1-3H3;2*1H3;/q3*-1;+4. The second kappa shape index (κ2) is 6.67.